The van der Waals surface area contributed by atoms with E-state index in [0.29, 0.717) is 6.54 Å². The van der Waals surface area contributed by atoms with Crippen molar-refractivity contribution in [3.8, 4) is 0 Å². The zero-order chi connectivity index (χ0) is 12.5. The zero-order valence-corrected chi connectivity index (χ0v) is 10.5. The molecule has 0 atom stereocenters. The van der Waals surface area contributed by atoms with E-state index in [1.165, 1.54) is 0 Å². The minimum atomic E-state index is 0.227. The second-order valence-corrected chi connectivity index (χ2v) is 4.25. The summed E-state index contributed by atoms with van der Waals surface area (Å²) in [6.07, 6.45) is 3.40. The highest BCUT2D eigenvalue weighted by Gasteiger charge is 2.10. The van der Waals surface area contributed by atoms with E-state index in [2.05, 4.69) is 19.9 Å². The fraction of sp³-hybridized carbons (Fsp3) is 0.167. The molecule has 0 aliphatic rings. The van der Waals surface area contributed by atoms with Gasteiger partial charge in [0.05, 0.1) is 18.4 Å². The molecule has 0 radical (unpaired) electrons. The van der Waals surface area contributed by atoms with Gasteiger partial charge in [0.1, 0.15) is 11.3 Å². The molecule has 0 unspecified atom stereocenters. The topological polar surface area (TPSA) is 56.5 Å². The van der Waals surface area contributed by atoms with Gasteiger partial charge in [0.2, 0.25) is 5.28 Å². The SMILES string of the molecule is Cc1nc2cnc(Cl)nc2n1Cc1ccccn1. The Labute approximate surface area is 109 Å². The average Bonchev–Trinajstić information content (AvgIpc) is 2.67. The van der Waals surface area contributed by atoms with Crippen molar-refractivity contribution in [3.63, 3.8) is 0 Å². The molecule has 0 amide bonds. The first-order chi connectivity index (χ1) is 8.74. The molecule has 0 fully saturated rings. The van der Waals surface area contributed by atoms with Crippen LogP contribution in [0.3, 0.4) is 0 Å². The highest BCUT2D eigenvalue weighted by molar-refractivity contribution is 6.28. The predicted molar refractivity (Wildman–Crippen MR) is 68.4 cm³/mol. The molecule has 18 heavy (non-hydrogen) atoms. The Morgan fingerprint density at radius 2 is 2.11 bits per heavy atom. The van der Waals surface area contributed by atoms with Gasteiger partial charge in [0, 0.05) is 6.20 Å². The van der Waals surface area contributed by atoms with Crippen molar-refractivity contribution in [1.29, 1.82) is 0 Å². The van der Waals surface area contributed by atoms with E-state index in [9.17, 15) is 0 Å². The van der Waals surface area contributed by atoms with Crippen LogP contribution < -0.4 is 0 Å². The number of aromatic nitrogens is 5. The normalized spacial score (nSPS) is 11.0. The monoisotopic (exact) mass is 259 g/mol. The van der Waals surface area contributed by atoms with E-state index >= 15 is 0 Å². The van der Waals surface area contributed by atoms with Gasteiger partial charge in [-0.25, -0.2) is 9.97 Å². The quantitative estimate of drug-likeness (QED) is 0.662. The first-order valence-electron chi connectivity index (χ1n) is 5.49. The maximum Gasteiger partial charge on any atom is 0.224 e. The average molecular weight is 260 g/mol. The van der Waals surface area contributed by atoms with Crippen LogP contribution in [0.5, 0.6) is 0 Å². The van der Waals surface area contributed by atoms with Crippen molar-refractivity contribution in [2.45, 2.75) is 13.5 Å². The number of halogens is 1. The summed E-state index contributed by atoms with van der Waals surface area (Å²) < 4.78 is 1.98. The largest absolute Gasteiger partial charge is 0.307 e. The molecule has 0 aliphatic heterocycles. The van der Waals surface area contributed by atoms with Crippen LogP contribution in [0.2, 0.25) is 5.28 Å². The van der Waals surface area contributed by atoms with Crippen LogP contribution in [0, 0.1) is 6.92 Å². The molecule has 5 nitrogen and oxygen atoms in total. The number of pyridine rings is 1. The molecule has 0 aliphatic carbocycles. The minimum Gasteiger partial charge on any atom is -0.307 e. The van der Waals surface area contributed by atoms with E-state index in [4.69, 9.17) is 11.6 Å². The van der Waals surface area contributed by atoms with Gasteiger partial charge in [-0.3, -0.25) is 4.98 Å². The summed E-state index contributed by atoms with van der Waals surface area (Å²) in [4.78, 5) is 16.9. The summed E-state index contributed by atoms with van der Waals surface area (Å²) in [5.41, 5.74) is 2.43. The Kier molecular flexibility index (Phi) is 2.68. The van der Waals surface area contributed by atoms with Crippen molar-refractivity contribution in [3.05, 3.63) is 47.4 Å². The molecule has 0 N–H and O–H groups in total. The number of aryl methyl sites for hydroxylation is 1. The molecule has 0 aromatic carbocycles. The van der Waals surface area contributed by atoms with Gasteiger partial charge >= 0.3 is 0 Å². The van der Waals surface area contributed by atoms with Gasteiger partial charge in [-0.15, -0.1) is 0 Å². The lowest BCUT2D eigenvalue weighted by Gasteiger charge is -2.05. The molecule has 3 aromatic heterocycles. The Morgan fingerprint density at radius 3 is 2.89 bits per heavy atom. The number of hydrogen-bond acceptors (Lipinski definition) is 4. The molecule has 0 spiro atoms. The van der Waals surface area contributed by atoms with Crippen LogP contribution in [0.15, 0.2) is 30.6 Å². The lowest BCUT2D eigenvalue weighted by Crippen LogP contribution is -2.04. The van der Waals surface area contributed by atoms with Crippen molar-refractivity contribution in [1.82, 2.24) is 24.5 Å². The summed E-state index contributed by atoms with van der Waals surface area (Å²) in [5.74, 6) is 0.868. The fourth-order valence-corrected chi connectivity index (χ4v) is 1.98. The lowest BCUT2D eigenvalue weighted by molar-refractivity contribution is 0.756. The molecule has 90 valence electrons. The van der Waals surface area contributed by atoms with Crippen LogP contribution in [-0.4, -0.2) is 24.5 Å². The molecule has 3 aromatic rings. The van der Waals surface area contributed by atoms with Crippen LogP contribution in [-0.2, 0) is 6.54 Å². The Balaban J connectivity index is 2.11. The zero-order valence-electron chi connectivity index (χ0n) is 9.71. The van der Waals surface area contributed by atoms with Crippen molar-refractivity contribution < 1.29 is 0 Å². The second-order valence-electron chi connectivity index (χ2n) is 3.91. The van der Waals surface area contributed by atoms with Crippen LogP contribution in [0.4, 0.5) is 0 Å². The summed E-state index contributed by atoms with van der Waals surface area (Å²) in [6.45, 7) is 2.55. The van der Waals surface area contributed by atoms with E-state index in [0.717, 1.165) is 22.7 Å². The van der Waals surface area contributed by atoms with Gasteiger partial charge in [0.25, 0.3) is 0 Å². The summed E-state index contributed by atoms with van der Waals surface area (Å²) in [7, 11) is 0. The molecular formula is C12H10ClN5. The predicted octanol–water partition coefficient (Wildman–Crippen LogP) is 2.23. The van der Waals surface area contributed by atoms with E-state index in [1.807, 2.05) is 29.7 Å². The maximum atomic E-state index is 5.82. The van der Waals surface area contributed by atoms with Gasteiger partial charge in [0.15, 0.2) is 5.65 Å². The third-order valence-electron chi connectivity index (χ3n) is 2.70. The van der Waals surface area contributed by atoms with Crippen molar-refractivity contribution in [2.75, 3.05) is 0 Å². The second kappa shape index (κ2) is 4.34. The standard InChI is InChI=1S/C12H10ClN5/c1-8-16-10-6-15-12(13)17-11(10)18(8)7-9-4-2-3-5-14-9/h2-6H,7H2,1H3. The van der Waals surface area contributed by atoms with Crippen LogP contribution >= 0.6 is 11.6 Å². The lowest BCUT2D eigenvalue weighted by atomic mass is 10.3. The molecule has 3 rings (SSSR count). The number of rotatable bonds is 2. The molecule has 0 saturated heterocycles. The van der Waals surface area contributed by atoms with E-state index < -0.39 is 0 Å². The van der Waals surface area contributed by atoms with Gasteiger partial charge in [-0.1, -0.05) is 6.07 Å². The van der Waals surface area contributed by atoms with Gasteiger partial charge in [-0.2, -0.15) is 4.98 Å². The first kappa shape index (κ1) is 11.1. The summed E-state index contributed by atoms with van der Waals surface area (Å²) in [5, 5.41) is 0.227. The molecule has 3 heterocycles. The fourth-order valence-electron chi connectivity index (χ4n) is 1.85. The Bertz CT molecular complexity index is 692. The minimum absolute atomic E-state index is 0.227. The number of imidazole rings is 1. The molecule has 0 saturated carbocycles. The van der Waals surface area contributed by atoms with E-state index in [-0.39, 0.29) is 5.28 Å². The summed E-state index contributed by atoms with van der Waals surface area (Å²) in [6, 6.07) is 5.81. The number of fused-ring (bicyclic) bond motifs is 1. The molecule has 0 bridgehead atoms. The smallest absolute Gasteiger partial charge is 0.224 e. The van der Waals surface area contributed by atoms with Crippen molar-refractivity contribution in [2.24, 2.45) is 0 Å². The van der Waals surface area contributed by atoms with E-state index in [1.54, 1.807) is 12.4 Å². The number of nitrogens with zero attached hydrogens (tertiary/aromatic N) is 5. The third kappa shape index (κ3) is 1.93. The van der Waals surface area contributed by atoms with Crippen LogP contribution in [0.25, 0.3) is 11.2 Å². The third-order valence-corrected chi connectivity index (χ3v) is 2.88. The summed E-state index contributed by atoms with van der Waals surface area (Å²) >= 11 is 5.82. The highest BCUT2D eigenvalue weighted by Crippen LogP contribution is 2.15. The molecular weight excluding hydrogens is 250 g/mol. The maximum absolute atomic E-state index is 5.82. The van der Waals surface area contributed by atoms with Gasteiger partial charge < -0.3 is 4.57 Å². The van der Waals surface area contributed by atoms with Gasteiger partial charge in [-0.05, 0) is 30.7 Å². The Morgan fingerprint density at radius 1 is 1.22 bits per heavy atom. The Hall–Kier alpha value is -2.01. The number of hydrogen-bond donors (Lipinski definition) is 0. The molecule has 6 heteroatoms. The first-order valence-corrected chi connectivity index (χ1v) is 5.87. The van der Waals surface area contributed by atoms with Crippen LogP contribution in [0.1, 0.15) is 11.5 Å². The highest BCUT2D eigenvalue weighted by atomic mass is 35.5. The van der Waals surface area contributed by atoms with Crippen molar-refractivity contribution >= 4 is 22.8 Å².